The van der Waals surface area contributed by atoms with Crippen molar-refractivity contribution in [1.82, 2.24) is 14.3 Å². The van der Waals surface area contributed by atoms with E-state index in [0.717, 1.165) is 33.9 Å². The van der Waals surface area contributed by atoms with Crippen molar-refractivity contribution in [3.05, 3.63) is 139 Å². The van der Waals surface area contributed by atoms with Gasteiger partial charge in [0.15, 0.2) is 0 Å². The van der Waals surface area contributed by atoms with Gasteiger partial charge in [-0.05, 0) is 76.6 Å². The molecule has 0 saturated carbocycles. The van der Waals surface area contributed by atoms with E-state index in [2.05, 4.69) is 172 Å². The van der Waals surface area contributed by atoms with E-state index in [4.69, 9.17) is 5.10 Å². The average molecular weight is 574 g/mol. The number of hydrogen-bond donors (Lipinski definition) is 0. The van der Waals surface area contributed by atoms with Gasteiger partial charge in [0, 0.05) is 27.6 Å². The van der Waals surface area contributed by atoms with E-state index in [1.54, 1.807) is 0 Å². The Kier molecular flexibility index (Phi) is 6.58. The number of rotatable bonds is 4. The summed E-state index contributed by atoms with van der Waals surface area (Å²) in [7, 11) is 0. The summed E-state index contributed by atoms with van der Waals surface area (Å²) in [4.78, 5) is 0. The van der Waals surface area contributed by atoms with Crippen LogP contribution >= 0.6 is 0 Å². The summed E-state index contributed by atoms with van der Waals surface area (Å²) in [5.74, 6) is 0. The fourth-order valence-corrected chi connectivity index (χ4v) is 6.12. The lowest BCUT2D eigenvalue weighted by Crippen LogP contribution is -2.10. The molecule has 3 heteroatoms. The highest BCUT2D eigenvalue weighted by molar-refractivity contribution is 6.09. The molecule has 0 N–H and O–H groups in total. The summed E-state index contributed by atoms with van der Waals surface area (Å²) in [6, 6.07) is 45.9. The molecule has 0 radical (unpaired) electrons. The lowest BCUT2D eigenvalue weighted by atomic mass is 9.85. The molecular weight excluding hydrogens is 534 g/mol. The van der Waals surface area contributed by atoms with Crippen LogP contribution in [0.15, 0.2) is 127 Å². The Bertz CT molecular complexity index is 2030. The minimum Gasteiger partial charge on any atom is -0.309 e. The Hall–Kier alpha value is -4.89. The lowest BCUT2D eigenvalue weighted by Gasteiger charge is -2.19. The molecule has 0 amide bonds. The number of fused-ring (bicyclic) bond motifs is 3. The zero-order valence-corrected chi connectivity index (χ0v) is 26.5. The first-order valence-corrected chi connectivity index (χ1v) is 15.5. The molecule has 0 fully saturated rings. The average Bonchev–Trinajstić information content (AvgIpc) is 3.61. The van der Waals surface area contributed by atoms with E-state index >= 15 is 0 Å². The van der Waals surface area contributed by atoms with E-state index < -0.39 is 0 Å². The normalized spacial score (nSPS) is 12.3. The molecule has 0 bridgehead atoms. The molecule has 3 nitrogen and oxygen atoms in total. The second-order valence-corrected chi connectivity index (χ2v) is 13.9. The van der Waals surface area contributed by atoms with Crippen LogP contribution in [0.3, 0.4) is 0 Å². The highest BCUT2D eigenvalue weighted by Crippen LogP contribution is 2.38. The Balaban J connectivity index is 1.39. The first-order valence-electron chi connectivity index (χ1n) is 15.5. The van der Waals surface area contributed by atoms with Crippen molar-refractivity contribution in [2.45, 2.75) is 52.4 Å². The van der Waals surface area contributed by atoms with Crippen LogP contribution in [-0.2, 0) is 10.8 Å². The Morgan fingerprint density at radius 1 is 0.477 bits per heavy atom. The summed E-state index contributed by atoms with van der Waals surface area (Å²) in [5.41, 5.74) is 11.7. The number of hydrogen-bond acceptors (Lipinski definition) is 1. The Labute approximate surface area is 260 Å². The predicted octanol–water partition coefficient (Wildman–Crippen LogP) is 10.9. The molecule has 2 aromatic heterocycles. The molecule has 0 atom stereocenters. The summed E-state index contributed by atoms with van der Waals surface area (Å²) in [5, 5.41) is 7.69. The summed E-state index contributed by atoms with van der Waals surface area (Å²) < 4.78 is 4.47. The molecule has 0 aliphatic heterocycles. The van der Waals surface area contributed by atoms with Gasteiger partial charge >= 0.3 is 0 Å². The minimum absolute atomic E-state index is 0.0741. The third-order valence-electron chi connectivity index (χ3n) is 8.70. The second kappa shape index (κ2) is 10.4. The van der Waals surface area contributed by atoms with Crippen molar-refractivity contribution >= 4 is 21.8 Å². The molecule has 0 saturated heterocycles. The lowest BCUT2D eigenvalue weighted by molar-refractivity contribution is 0.590. The summed E-state index contributed by atoms with van der Waals surface area (Å²) >= 11 is 0. The predicted molar refractivity (Wildman–Crippen MR) is 186 cm³/mol. The Morgan fingerprint density at radius 3 is 1.45 bits per heavy atom. The van der Waals surface area contributed by atoms with E-state index in [1.165, 1.54) is 32.9 Å². The third kappa shape index (κ3) is 4.93. The maximum absolute atomic E-state index is 5.09. The first kappa shape index (κ1) is 27.9. The molecule has 2 heterocycles. The van der Waals surface area contributed by atoms with E-state index in [9.17, 15) is 0 Å². The fraction of sp³-hybridized carbons (Fsp3) is 0.195. The number of aromatic nitrogens is 3. The van der Waals surface area contributed by atoms with Gasteiger partial charge in [-0.25, -0.2) is 4.68 Å². The monoisotopic (exact) mass is 573 g/mol. The minimum atomic E-state index is 0.0741. The van der Waals surface area contributed by atoms with Gasteiger partial charge in [0.2, 0.25) is 0 Å². The maximum Gasteiger partial charge on any atom is 0.0934 e. The molecule has 7 aromatic rings. The number of benzene rings is 5. The van der Waals surface area contributed by atoms with Crippen molar-refractivity contribution < 1.29 is 0 Å². The highest BCUT2D eigenvalue weighted by Gasteiger charge is 2.21. The summed E-state index contributed by atoms with van der Waals surface area (Å²) in [6.45, 7) is 13.7. The van der Waals surface area contributed by atoms with E-state index in [-0.39, 0.29) is 10.8 Å². The van der Waals surface area contributed by atoms with Gasteiger partial charge < -0.3 is 4.57 Å². The van der Waals surface area contributed by atoms with Crippen LogP contribution in [0, 0.1) is 0 Å². The zero-order chi connectivity index (χ0) is 30.6. The molecule has 0 spiro atoms. The smallest absolute Gasteiger partial charge is 0.0934 e. The fourth-order valence-electron chi connectivity index (χ4n) is 6.12. The maximum atomic E-state index is 5.09. The Morgan fingerprint density at radius 2 is 0.955 bits per heavy atom. The van der Waals surface area contributed by atoms with Gasteiger partial charge in [-0.3, -0.25) is 0 Å². The third-order valence-corrected chi connectivity index (χ3v) is 8.70. The van der Waals surface area contributed by atoms with Gasteiger partial charge in [0.25, 0.3) is 0 Å². The van der Waals surface area contributed by atoms with Crippen LogP contribution in [-0.4, -0.2) is 14.3 Å². The molecule has 0 aliphatic carbocycles. The van der Waals surface area contributed by atoms with E-state index in [0.29, 0.717) is 0 Å². The largest absolute Gasteiger partial charge is 0.309 e. The number of nitrogens with zero attached hydrogens (tertiary/aromatic N) is 3. The van der Waals surface area contributed by atoms with Crippen molar-refractivity contribution in [2.24, 2.45) is 0 Å². The SMILES string of the molecule is CC(C)(C)c1ccc2c(c1)c1cc(C(C)(C)C)ccc1n2-c1ccc(-n2nc(-c3ccccc3)cc2-c2ccccc2)cc1. The van der Waals surface area contributed by atoms with Gasteiger partial charge in [0.05, 0.1) is 28.1 Å². The standard InChI is InChI=1S/C41H39N3/c1-40(2,3)30-17-23-37-34(25-30)35-26-31(41(4,5)6)18-24-38(35)43(37)32-19-21-33(22-20-32)44-39(29-15-11-8-12-16-29)27-36(42-44)28-13-9-7-10-14-28/h7-27H,1-6H3. The van der Waals surface area contributed by atoms with Gasteiger partial charge in [-0.1, -0.05) is 114 Å². The summed E-state index contributed by atoms with van der Waals surface area (Å²) in [6.07, 6.45) is 0. The molecular formula is C41H39N3. The van der Waals surface area contributed by atoms with Crippen molar-refractivity contribution in [2.75, 3.05) is 0 Å². The zero-order valence-electron chi connectivity index (χ0n) is 26.5. The van der Waals surface area contributed by atoms with Crippen molar-refractivity contribution in [3.63, 3.8) is 0 Å². The molecule has 7 rings (SSSR count). The van der Waals surface area contributed by atoms with E-state index in [1.807, 2.05) is 6.07 Å². The van der Waals surface area contributed by atoms with Crippen LogP contribution in [0.1, 0.15) is 52.7 Å². The van der Waals surface area contributed by atoms with Gasteiger partial charge in [-0.15, -0.1) is 0 Å². The van der Waals surface area contributed by atoms with Crippen molar-refractivity contribution in [3.8, 4) is 33.9 Å². The van der Waals surface area contributed by atoms with Gasteiger partial charge in [-0.2, -0.15) is 5.10 Å². The molecule has 0 unspecified atom stereocenters. The van der Waals surface area contributed by atoms with Crippen LogP contribution in [0.2, 0.25) is 0 Å². The molecule has 44 heavy (non-hydrogen) atoms. The van der Waals surface area contributed by atoms with Crippen LogP contribution < -0.4 is 0 Å². The molecule has 218 valence electrons. The van der Waals surface area contributed by atoms with Crippen LogP contribution in [0.25, 0.3) is 55.7 Å². The van der Waals surface area contributed by atoms with Gasteiger partial charge in [0.1, 0.15) is 0 Å². The molecule has 5 aromatic carbocycles. The second-order valence-electron chi connectivity index (χ2n) is 13.9. The molecule has 0 aliphatic rings. The van der Waals surface area contributed by atoms with Crippen LogP contribution in [0.5, 0.6) is 0 Å². The highest BCUT2D eigenvalue weighted by atomic mass is 15.3. The van der Waals surface area contributed by atoms with Crippen molar-refractivity contribution in [1.29, 1.82) is 0 Å². The quantitative estimate of drug-likeness (QED) is 0.205. The first-order chi connectivity index (χ1) is 21.1. The van der Waals surface area contributed by atoms with Crippen LogP contribution in [0.4, 0.5) is 0 Å². The topological polar surface area (TPSA) is 22.8 Å².